The maximum Gasteiger partial charge on any atom is 0.123 e. The number of ether oxygens (including phenoxy) is 2. The summed E-state index contributed by atoms with van der Waals surface area (Å²) in [6.45, 7) is 11.7. The largest absolute Gasteiger partial charge is 0.494 e. The van der Waals surface area contributed by atoms with Crippen LogP contribution < -0.4 is 4.74 Å². The van der Waals surface area contributed by atoms with Crippen molar-refractivity contribution in [1.29, 1.82) is 0 Å². The van der Waals surface area contributed by atoms with Gasteiger partial charge in [-0.15, -0.1) is 0 Å². The summed E-state index contributed by atoms with van der Waals surface area (Å²) in [5, 5.41) is 11.3. The highest BCUT2D eigenvalue weighted by molar-refractivity contribution is 5.21. The molecule has 6 heteroatoms. The lowest BCUT2D eigenvalue weighted by atomic mass is 9.69. The third-order valence-electron chi connectivity index (χ3n) is 6.01. The smallest absolute Gasteiger partial charge is 0.123 e. The molecule has 0 amide bonds. The van der Waals surface area contributed by atoms with Crippen molar-refractivity contribution in [2.24, 2.45) is 5.41 Å². The van der Waals surface area contributed by atoms with Crippen molar-refractivity contribution in [2.75, 3.05) is 59.1 Å². The van der Waals surface area contributed by atoms with Crippen LogP contribution >= 0.6 is 0 Å². The van der Waals surface area contributed by atoms with Crippen molar-refractivity contribution >= 4 is 0 Å². The Morgan fingerprint density at radius 1 is 1.11 bits per heavy atom. The molecule has 1 unspecified atom stereocenters. The average Bonchev–Trinajstić information content (AvgIpc) is 2.64. The van der Waals surface area contributed by atoms with Gasteiger partial charge < -0.3 is 19.5 Å². The third kappa shape index (κ3) is 5.41. The molecule has 2 aliphatic heterocycles. The molecule has 27 heavy (non-hydrogen) atoms. The Kier molecular flexibility index (Phi) is 6.74. The Morgan fingerprint density at radius 3 is 2.48 bits per heavy atom. The number of likely N-dealkylation sites (tertiary alicyclic amines) is 1. The van der Waals surface area contributed by atoms with Crippen molar-refractivity contribution < 1.29 is 19.0 Å². The van der Waals surface area contributed by atoms with Gasteiger partial charge in [-0.05, 0) is 37.1 Å². The molecular weight excluding hydrogens is 347 g/mol. The molecule has 0 saturated carbocycles. The molecule has 1 N–H and O–H groups in total. The monoisotopic (exact) mass is 380 g/mol. The Balaban J connectivity index is 1.43. The fraction of sp³-hybridized carbons (Fsp3) is 0.714. The van der Waals surface area contributed by atoms with Crippen molar-refractivity contribution in [2.45, 2.75) is 32.3 Å². The average molecular weight is 381 g/mol. The predicted molar refractivity (Wildman–Crippen MR) is 104 cm³/mol. The van der Waals surface area contributed by atoms with Gasteiger partial charge in [0.1, 0.15) is 11.6 Å². The minimum Gasteiger partial charge on any atom is -0.494 e. The van der Waals surface area contributed by atoms with Crippen LogP contribution in [0.25, 0.3) is 0 Å². The minimum absolute atomic E-state index is 0.165. The second-order valence-corrected chi connectivity index (χ2v) is 8.49. The zero-order valence-corrected chi connectivity index (χ0v) is 16.6. The Morgan fingerprint density at radius 2 is 1.81 bits per heavy atom. The molecule has 3 rings (SSSR count). The van der Waals surface area contributed by atoms with Crippen LogP contribution in [0.4, 0.5) is 4.39 Å². The van der Waals surface area contributed by atoms with Gasteiger partial charge in [-0.1, -0.05) is 13.8 Å². The maximum atomic E-state index is 12.9. The van der Waals surface area contributed by atoms with Gasteiger partial charge in [-0.2, -0.15) is 0 Å². The summed E-state index contributed by atoms with van der Waals surface area (Å²) in [5.41, 5.74) is -0.827. The highest BCUT2D eigenvalue weighted by atomic mass is 19.1. The van der Waals surface area contributed by atoms with Crippen molar-refractivity contribution in [3.63, 3.8) is 0 Å². The van der Waals surface area contributed by atoms with E-state index in [9.17, 15) is 9.50 Å². The van der Waals surface area contributed by atoms with Crippen LogP contribution in [0.2, 0.25) is 0 Å². The van der Waals surface area contributed by atoms with Gasteiger partial charge in [0.05, 0.1) is 25.4 Å². The van der Waals surface area contributed by atoms with Gasteiger partial charge in [0.15, 0.2) is 0 Å². The quantitative estimate of drug-likeness (QED) is 0.736. The lowest BCUT2D eigenvalue weighted by molar-refractivity contribution is -0.139. The van der Waals surface area contributed by atoms with Crippen molar-refractivity contribution in [1.82, 2.24) is 9.80 Å². The first kappa shape index (κ1) is 20.5. The highest BCUT2D eigenvalue weighted by Crippen LogP contribution is 2.39. The van der Waals surface area contributed by atoms with Gasteiger partial charge in [0.25, 0.3) is 0 Å². The number of aliphatic hydroxyl groups is 1. The number of β-amino-alcohol motifs (C(OH)–C–C–N with tert-alkyl or cyclic N) is 1. The number of rotatable bonds is 7. The van der Waals surface area contributed by atoms with Crippen molar-refractivity contribution in [3.8, 4) is 5.75 Å². The van der Waals surface area contributed by atoms with Crippen LogP contribution in [-0.4, -0.2) is 79.6 Å². The summed E-state index contributed by atoms with van der Waals surface area (Å²) < 4.78 is 24.0. The van der Waals surface area contributed by atoms with Crippen LogP contribution in [0.1, 0.15) is 26.7 Å². The molecule has 1 aromatic carbocycles. The number of hydrogen-bond donors (Lipinski definition) is 1. The standard InChI is InChI=1S/C21H33FN2O3/c1-20(2)16-23(9-3-13-27-19-6-4-18(22)5-7-19)10-8-21(20,25)17-24-11-14-26-15-12-24/h4-7,25H,3,8-17H2,1-2H3. The molecule has 2 fully saturated rings. The fourth-order valence-electron chi connectivity index (χ4n) is 4.09. The van der Waals surface area contributed by atoms with E-state index in [0.29, 0.717) is 12.4 Å². The highest BCUT2D eigenvalue weighted by Gasteiger charge is 2.48. The van der Waals surface area contributed by atoms with E-state index in [4.69, 9.17) is 9.47 Å². The van der Waals surface area contributed by atoms with E-state index in [1.54, 1.807) is 12.1 Å². The van der Waals surface area contributed by atoms with Gasteiger partial charge in [0.2, 0.25) is 0 Å². The topological polar surface area (TPSA) is 45.2 Å². The number of morpholine rings is 1. The number of halogens is 1. The summed E-state index contributed by atoms with van der Waals surface area (Å²) in [6, 6.07) is 6.14. The zero-order valence-electron chi connectivity index (χ0n) is 16.6. The number of nitrogens with zero attached hydrogens (tertiary/aromatic N) is 2. The first-order chi connectivity index (χ1) is 12.9. The van der Waals surface area contributed by atoms with Crippen LogP contribution in [0.3, 0.4) is 0 Å². The van der Waals surface area contributed by atoms with E-state index in [-0.39, 0.29) is 11.2 Å². The second kappa shape index (κ2) is 8.86. The molecular formula is C21H33FN2O3. The number of piperidine rings is 1. The Bertz CT molecular complexity index is 590. The van der Waals surface area contributed by atoms with Crippen LogP contribution in [0.15, 0.2) is 24.3 Å². The molecule has 2 saturated heterocycles. The van der Waals surface area contributed by atoms with Gasteiger partial charge in [-0.3, -0.25) is 4.90 Å². The van der Waals surface area contributed by atoms with Gasteiger partial charge in [0, 0.05) is 44.7 Å². The molecule has 0 radical (unpaired) electrons. The normalized spacial score (nSPS) is 26.8. The van der Waals surface area contributed by atoms with Crippen LogP contribution in [0.5, 0.6) is 5.75 Å². The molecule has 0 aromatic heterocycles. The number of hydrogen-bond acceptors (Lipinski definition) is 5. The molecule has 0 spiro atoms. The summed E-state index contributed by atoms with van der Waals surface area (Å²) in [5.74, 6) is 0.456. The molecule has 1 atom stereocenters. The van der Waals surface area contributed by atoms with E-state index < -0.39 is 5.60 Å². The lowest BCUT2D eigenvalue weighted by Gasteiger charge is -2.52. The summed E-state index contributed by atoms with van der Waals surface area (Å²) in [7, 11) is 0. The molecule has 0 aliphatic carbocycles. The summed E-state index contributed by atoms with van der Waals surface area (Å²) in [4.78, 5) is 4.75. The van der Waals surface area contributed by atoms with E-state index in [1.165, 1.54) is 12.1 Å². The molecule has 5 nitrogen and oxygen atoms in total. The summed E-state index contributed by atoms with van der Waals surface area (Å²) in [6.07, 6.45) is 1.70. The van der Waals surface area contributed by atoms with Crippen LogP contribution in [0, 0.1) is 11.2 Å². The van der Waals surface area contributed by atoms with E-state index in [1.807, 2.05) is 0 Å². The van der Waals surface area contributed by atoms with Crippen molar-refractivity contribution in [3.05, 3.63) is 30.1 Å². The summed E-state index contributed by atoms with van der Waals surface area (Å²) >= 11 is 0. The molecule has 2 aliphatic rings. The van der Waals surface area contributed by atoms with E-state index in [0.717, 1.165) is 65.3 Å². The molecule has 0 bridgehead atoms. The van der Waals surface area contributed by atoms with E-state index >= 15 is 0 Å². The molecule has 152 valence electrons. The van der Waals surface area contributed by atoms with Gasteiger partial charge in [-0.25, -0.2) is 4.39 Å². The number of benzene rings is 1. The SMILES string of the molecule is CC1(C)CN(CCCOc2ccc(F)cc2)CCC1(O)CN1CCOCC1. The predicted octanol–water partition coefficient (Wildman–Crippen LogP) is 2.39. The maximum absolute atomic E-state index is 12.9. The minimum atomic E-state index is -0.661. The molecule has 1 aromatic rings. The third-order valence-corrected chi connectivity index (χ3v) is 6.01. The van der Waals surface area contributed by atoms with E-state index in [2.05, 4.69) is 23.6 Å². The molecule has 2 heterocycles. The second-order valence-electron chi connectivity index (χ2n) is 8.49. The zero-order chi connectivity index (χ0) is 19.3. The Hall–Kier alpha value is -1.21. The first-order valence-corrected chi connectivity index (χ1v) is 10.0. The Labute approximate surface area is 162 Å². The fourth-order valence-corrected chi connectivity index (χ4v) is 4.09. The first-order valence-electron chi connectivity index (χ1n) is 10.0. The lowest BCUT2D eigenvalue weighted by Crippen LogP contribution is -2.62. The van der Waals surface area contributed by atoms with Crippen LogP contribution in [-0.2, 0) is 4.74 Å². The van der Waals surface area contributed by atoms with Gasteiger partial charge >= 0.3 is 0 Å².